The van der Waals surface area contributed by atoms with Crippen molar-refractivity contribution in [2.75, 3.05) is 5.32 Å². The Labute approximate surface area is 169 Å². The maximum absolute atomic E-state index is 13.9. The van der Waals surface area contributed by atoms with Crippen molar-refractivity contribution in [3.63, 3.8) is 0 Å². The van der Waals surface area contributed by atoms with E-state index in [0.29, 0.717) is 22.8 Å². The minimum Gasteiger partial charge on any atom is -0.436 e. The highest BCUT2D eigenvalue weighted by Crippen LogP contribution is 2.30. The zero-order valence-corrected chi connectivity index (χ0v) is 16.1. The van der Waals surface area contributed by atoms with Gasteiger partial charge in [0.1, 0.15) is 5.82 Å². The summed E-state index contributed by atoms with van der Waals surface area (Å²) in [4.78, 5) is 17.1. The highest BCUT2D eigenvalue weighted by Gasteiger charge is 2.18. The van der Waals surface area contributed by atoms with Crippen molar-refractivity contribution in [3.8, 4) is 22.8 Å². The van der Waals surface area contributed by atoms with Crippen LogP contribution >= 0.6 is 15.9 Å². The number of oxazole rings is 1. The highest BCUT2D eigenvalue weighted by atomic mass is 79.9. The average molecular weight is 437 g/mol. The van der Waals surface area contributed by atoms with Crippen LogP contribution in [0.3, 0.4) is 0 Å². The van der Waals surface area contributed by atoms with Crippen LogP contribution in [0.1, 0.15) is 10.4 Å². The Morgan fingerprint density at radius 2 is 1.79 bits per heavy atom. The van der Waals surface area contributed by atoms with Crippen molar-refractivity contribution in [1.29, 1.82) is 0 Å². The maximum atomic E-state index is 13.9. The lowest BCUT2D eigenvalue weighted by Gasteiger charge is -2.09. The number of carbonyl (C=O) groups is 1. The van der Waals surface area contributed by atoms with E-state index in [1.54, 1.807) is 42.6 Å². The molecule has 0 saturated carbocycles. The Morgan fingerprint density at radius 1 is 1.00 bits per heavy atom. The third-order valence-corrected chi connectivity index (χ3v) is 4.63. The van der Waals surface area contributed by atoms with Crippen molar-refractivity contribution in [3.05, 3.63) is 94.8 Å². The first kappa shape index (κ1) is 18.1. The fraction of sp³-hybridized carbons (Fsp3) is 0. The summed E-state index contributed by atoms with van der Waals surface area (Å²) in [5.74, 6) is -0.0424. The topological polar surface area (TPSA) is 55.1 Å². The lowest BCUT2D eigenvalue weighted by Crippen LogP contribution is -2.14. The van der Waals surface area contributed by atoms with Gasteiger partial charge in [0.05, 0.1) is 17.4 Å². The number of amides is 1. The number of nitrogens with one attached hydrogen (secondary N) is 1. The van der Waals surface area contributed by atoms with E-state index in [1.807, 2.05) is 24.3 Å². The van der Waals surface area contributed by atoms with Gasteiger partial charge in [-0.2, -0.15) is 0 Å². The second-order valence-electron chi connectivity index (χ2n) is 6.02. The van der Waals surface area contributed by atoms with Crippen LogP contribution in [0, 0.1) is 5.82 Å². The van der Waals surface area contributed by atoms with E-state index >= 15 is 0 Å². The van der Waals surface area contributed by atoms with Gasteiger partial charge in [-0.3, -0.25) is 4.79 Å². The first-order valence-electron chi connectivity index (χ1n) is 8.49. The molecule has 0 bridgehead atoms. The summed E-state index contributed by atoms with van der Waals surface area (Å²) in [5, 5.41) is 2.59. The maximum Gasteiger partial charge on any atom is 0.256 e. The van der Waals surface area contributed by atoms with Crippen LogP contribution in [0.5, 0.6) is 0 Å². The molecule has 0 atom stereocenters. The van der Waals surface area contributed by atoms with Gasteiger partial charge < -0.3 is 9.73 Å². The predicted octanol–water partition coefficient (Wildman–Crippen LogP) is 6.16. The number of rotatable bonds is 4. The molecule has 0 aliphatic carbocycles. The largest absolute Gasteiger partial charge is 0.436 e. The molecular formula is C22H14BrFN2O2. The summed E-state index contributed by atoms with van der Waals surface area (Å²) in [5.41, 5.74) is 1.84. The summed E-state index contributed by atoms with van der Waals surface area (Å²) >= 11 is 3.43. The summed E-state index contributed by atoms with van der Waals surface area (Å²) in [6.07, 6.45) is 1.61. The molecule has 0 spiro atoms. The van der Waals surface area contributed by atoms with Gasteiger partial charge in [-0.1, -0.05) is 52.3 Å². The van der Waals surface area contributed by atoms with Crippen LogP contribution in [0.4, 0.5) is 10.1 Å². The van der Waals surface area contributed by atoms with Crippen LogP contribution in [0.2, 0.25) is 0 Å². The van der Waals surface area contributed by atoms with Crippen LogP contribution < -0.4 is 5.32 Å². The van der Waals surface area contributed by atoms with Gasteiger partial charge in [-0.05, 0) is 36.4 Å². The molecule has 1 heterocycles. The van der Waals surface area contributed by atoms with Crippen LogP contribution in [0.25, 0.3) is 22.8 Å². The Morgan fingerprint density at radius 3 is 2.61 bits per heavy atom. The Kier molecular flexibility index (Phi) is 5.04. The lowest BCUT2D eigenvalue weighted by atomic mass is 10.1. The van der Waals surface area contributed by atoms with E-state index in [0.717, 1.165) is 10.0 Å². The number of aromatic nitrogens is 1. The lowest BCUT2D eigenvalue weighted by molar-refractivity contribution is 0.102. The fourth-order valence-electron chi connectivity index (χ4n) is 2.79. The van der Waals surface area contributed by atoms with Gasteiger partial charge in [-0.25, -0.2) is 9.37 Å². The molecule has 0 aliphatic rings. The zero-order chi connectivity index (χ0) is 19.5. The molecule has 1 aromatic heterocycles. The number of halogens is 2. The number of benzene rings is 3. The van der Waals surface area contributed by atoms with Gasteiger partial charge >= 0.3 is 0 Å². The molecule has 4 nitrogen and oxygen atoms in total. The molecule has 0 saturated heterocycles. The molecule has 0 aliphatic heterocycles. The third kappa shape index (κ3) is 3.73. The van der Waals surface area contributed by atoms with Crippen LogP contribution in [-0.4, -0.2) is 10.9 Å². The van der Waals surface area contributed by atoms with Gasteiger partial charge in [-0.15, -0.1) is 0 Å². The second kappa shape index (κ2) is 7.78. The van der Waals surface area contributed by atoms with E-state index in [1.165, 1.54) is 12.1 Å². The summed E-state index contributed by atoms with van der Waals surface area (Å²) in [7, 11) is 0. The van der Waals surface area contributed by atoms with Gasteiger partial charge in [0.2, 0.25) is 5.89 Å². The molecule has 0 fully saturated rings. The first-order chi connectivity index (χ1) is 13.6. The number of nitrogens with zero attached hydrogens (tertiary/aromatic N) is 1. The van der Waals surface area contributed by atoms with Crippen molar-refractivity contribution in [2.24, 2.45) is 0 Å². The first-order valence-corrected chi connectivity index (χ1v) is 9.28. The predicted molar refractivity (Wildman–Crippen MR) is 109 cm³/mol. The van der Waals surface area contributed by atoms with Crippen molar-refractivity contribution >= 4 is 27.5 Å². The Hall–Kier alpha value is -3.25. The molecule has 28 heavy (non-hydrogen) atoms. The number of hydrogen-bond donors (Lipinski definition) is 1. The normalized spacial score (nSPS) is 10.6. The molecule has 4 rings (SSSR count). The number of para-hydroxylation sites is 1. The third-order valence-electron chi connectivity index (χ3n) is 4.14. The smallest absolute Gasteiger partial charge is 0.256 e. The second-order valence-corrected chi connectivity index (χ2v) is 6.94. The van der Waals surface area contributed by atoms with Gasteiger partial charge in [0.15, 0.2) is 5.76 Å². The van der Waals surface area contributed by atoms with E-state index in [9.17, 15) is 9.18 Å². The zero-order valence-electron chi connectivity index (χ0n) is 14.5. The minimum absolute atomic E-state index is 0.115. The van der Waals surface area contributed by atoms with Crippen LogP contribution in [-0.2, 0) is 0 Å². The van der Waals surface area contributed by atoms with E-state index in [4.69, 9.17) is 4.42 Å². The molecule has 138 valence electrons. The summed E-state index contributed by atoms with van der Waals surface area (Å²) in [6.45, 7) is 0. The Bertz CT molecular complexity index is 1160. The monoisotopic (exact) mass is 436 g/mol. The van der Waals surface area contributed by atoms with Crippen molar-refractivity contribution in [1.82, 2.24) is 4.98 Å². The van der Waals surface area contributed by atoms with Gasteiger partial charge in [0, 0.05) is 15.6 Å². The summed E-state index contributed by atoms with van der Waals surface area (Å²) in [6, 6.07) is 20.6. The quantitative estimate of drug-likeness (QED) is 0.416. The molecule has 6 heteroatoms. The SMILES string of the molecule is O=C(Nc1ccccc1F)c1ccccc1-c1ncc(-c2cccc(Br)c2)o1. The minimum atomic E-state index is -0.499. The van der Waals surface area contributed by atoms with Crippen LogP contribution in [0.15, 0.2) is 87.9 Å². The number of carbonyl (C=O) groups excluding carboxylic acids is 1. The standard InChI is InChI=1S/C22H14BrFN2O2/c23-15-7-5-6-14(12-15)20-13-25-22(28-20)17-9-2-1-8-16(17)21(27)26-19-11-4-3-10-18(19)24/h1-13H,(H,26,27). The molecular weight excluding hydrogens is 423 g/mol. The number of anilines is 1. The van der Waals surface area contributed by atoms with E-state index < -0.39 is 11.7 Å². The molecule has 3 aromatic carbocycles. The van der Waals surface area contributed by atoms with Crippen molar-refractivity contribution in [2.45, 2.75) is 0 Å². The van der Waals surface area contributed by atoms with E-state index in [-0.39, 0.29) is 5.69 Å². The average Bonchev–Trinajstić information content (AvgIpc) is 3.20. The van der Waals surface area contributed by atoms with E-state index in [2.05, 4.69) is 26.2 Å². The molecule has 0 unspecified atom stereocenters. The highest BCUT2D eigenvalue weighted by molar-refractivity contribution is 9.10. The summed E-state index contributed by atoms with van der Waals surface area (Å²) < 4.78 is 20.7. The number of hydrogen-bond acceptors (Lipinski definition) is 3. The Balaban J connectivity index is 1.67. The molecule has 1 N–H and O–H groups in total. The molecule has 4 aromatic rings. The van der Waals surface area contributed by atoms with Crippen molar-refractivity contribution < 1.29 is 13.6 Å². The molecule has 0 radical (unpaired) electrons. The fourth-order valence-corrected chi connectivity index (χ4v) is 3.19. The van der Waals surface area contributed by atoms with Gasteiger partial charge in [0.25, 0.3) is 5.91 Å². The molecule has 1 amide bonds.